The summed E-state index contributed by atoms with van der Waals surface area (Å²) in [5, 5.41) is 8.96. The Balaban J connectivity index is 2.06. The van der Waals surface area contributed by atoms with Crippen LogP contribution in [0.3, 0.4) is 0 Å². The number of unbranched alkanes of at least 4 members (excludes halogenated alkanes) is 1. The lowest BCUT2D eigenvalue weighted by atomic mass is 9.88. The molecule has 1 aliphatic carbocycles. The van der Waals surface area contributed by atoms with E-state index in [0.29, 0.717) is 0 Å². The molecule has 0 unspecified atom stereocenters. The van der Waals surface area contributed by atoms with E-state index >= 15 is 0 Å². The van der Waals surface area contributed by atoms with E-state index in [1.165, 1.54) is 58.0 Å². The molecule has 0 bridgehead atoms. The van der Waals surface area contributed by atoms with Crippen molar-refractivity contribution in [2.45, 2.75) is 65.2 Å². The quantitative estimate of drug-likeness (QED) is 0.633. The first kappa shape index (κ1) is 15.5. The second-order valence-electron chi connectivity index (χ2n) is 6.72. The fraction of sp³-hybridized carbons (Fsp3) is 0.938. The van der Waals surface area contributed by atoms with E-state index in [2.05, 4.69) is 18.0 Å². The van der Waals surface area contributed by atoms with E-state index in [1.807, 2.05) is 13.8 Å². The molecule has 0 radical (unpaired) electrons. The third-order valence-corrected chi connectivity index (χ3v) is 4.19. The number of rotatable bonds is 7. The maximum Gasteiger partial charge on any atom is 0.0683 e. The molecule has 0 saturated heterocycles. The second-order valence-corrected chi connectivity index (χ2v) is 6.72. The normalized spacial score (nSPS) is 17.9. The van der Waals surface area contributed by atoms with Gasteiger partial charge in [0.2, 0.25) is 0 Å². The van der Waals surface area contributed by atoms with Gasteiger partial charge >= 0.3 is 0 Å². The number of nitriles is 1. The topological polar surface area (TPSA) is 27.0 Å². The molecule has 0 aromatic rings. The molecule has 0 spiro atoms. The molecule has 1 fully saturated rings. The molecule has 0 amide bonds. The summed E-state index contributed by atoms with van der Waals surface area (Å²) in [6.45, 7) is 6.55. The Morgan fingerprint density at radius 3 is 2.44 bits per heavy atom. The molecule has 18 heavy (non-hydrogen) atoms. The van der Waals surface area contributed by atoms with Crippen molar-refractivity contribution in [3.8, 4) is 6.07 Å². The molecule has 0 aromatic heterocycles. The number of hydrogen-bond donors (Lipinski definition) is 0. The van der Waals surface area contributed by atoms with Gasteiger partial charge in [0.05, 0.1) is 11.5 Å². The van der Waals surface area contributed by atoms with Crippen molar-refractivity contribution >= 4 is 0 Å². The molecule has 2 nitrogen and oxygen atoms in total. The van der Waals surface area contributed by atoms with Crippen LogP contribution in [0.1, 0.15) is 65.2 Å². The van der Waals surface area contributed by atoms with Gasteiger partial charge in [-0.15, -0.1) is 0 Å². The molecule has 104 valence electrons. The Bertz CT molecular complexity index is 259. The standard InChI is InChI=1S/C16H30N2/c1-16(2,14-17)11-7-8-12-18(3)13-15-9-5-4-6-10-15/h15H,4-13H2,1-3H3. The highest BCUT2D eigenvalue weighted by atomic mass is 15.1. The fourth-order valence-corrected chi connectivity index (χ4v) is 2.91. The largest absolute Gasteiger partial charge is 0.306 e. The highest BCUT2D eigenvalue weighted by molar-refractivity contribution is 4.91. The third kappa shape index (κ3) is 6.40. The molecular formula is C16H30N2. The van der Waals surface area contributed by atoms with Gasteiger partial charge in [0.1, 0.15) is 0 Å². The maximum absolute atomic E-state index is 8.96. The van der Waals surface area contributed by atoms with Crippen molar-refractivity contribution < 1.29 is 0 Å². The minimum absolute atomic E-state index is 0.137. The second kappa shape index (κ2) is 7.79. The SMILES string of the molecule is CN(CCCCC(C)(C)C#N)CC1CCCCC1. The summed E-state index contributed by atoms with van der Waals surface area (Å²) in [5.74, 6) is 0.944. The lowest BCUT2D eigenvalue weighted by Gasteiger charge is -2.27. The van der Waals surface area contributed by atoms with Crippen LogP contribution in [0.4, 0.5) is 0 Å². The first-order valence-corrected chi connectivity index (χ1v) is 7.63. The lowest BCUT2D eigenvalue weighted by molar-refractivity contribution is 0.228. The van der Waals surface area contributed by atoms with Gasteiger partial charge in [-0.2, -0.15) is 5.26 Å². The van der Waals surface area contributed by atoms with Crippen LogP contribution in [0.5, 0.6) is 0 Å². The third-order valence-electron chi connectivity index (χ3n) is 4.19. The van der Waals surface area contributed by atoms with Crippen molar-refractivity contribution in [1.29, 1.82) is 5.26 Å². The highest BCUT2D eigenvalue weighted by Crippen LogP contribution is 2.24. The van der Waals surface area contributed by atoms with Gasteiger partial charge in [-0.05, 0) is 59.0 Å². The monoisotopic (exact) mass is 250 g/mol. The minimum Gasteiger partial charge on any atom is -0.306 e. The molecule has 0 N–H and O–H groups in total. The van der Waals surface area contributed by atoms with Crippen LogP contribution in [-0.2, 0) is 0 Å². The van der Waals surface area contributed by atoms with Gasteiger partial charge in [-0.25, -0.2) is 0 Å². The maximum atomic E-state index is 8.96. The molecule has 1 aliphatic rings. The van der Waals surface area contributed by atoms with Crippen LogP contribution in [0.2, 0.25) is 0 Å². The van der Waals surface area contributed by atoms with Crippen molar-refractivity contribution in [2.24, 2.45) is 11.3 Å². The molecule has 0 atom stereocenters. The Hall–Kier alpha value is -0.550. The predicted octanol–water partition coefficient (Wildman–Crippen LogP) is 4.22. The zero-order chi connectivity index (χ0) is 13.4. The van der Waals surface area contributed by atoms with Gasteiger partial charge in [0.15, 0.2) is 0 Å². The zero-order valence-corrected chi connectivity index (χ0v) is 12.5. The first-order valence-electron chi connectivity index (χ1n) is 7.63. The van der Waals surface area contributed by atoms with E-state index in [0.717, 1.165) is 12.3 Å². The smallest absolute Gasteiger partial charge is 0.0683 e. The van der Waals surface area contributed by atoms with Crippen LogP contribution in [0.25, 0.3) is 0 Å². The molecule has 1 rings (SSSR count). The van der Waals surface area contributed by atoms with Crippen LogP contribution in [0, 0.1) is 22.7 Å². The highest BCUT2D eigenvalue weighted by Gasteiger charge is 2.17. The van der Waals surface area contributed by atoms with E-state index in [-0.39, 0.29) is 5.41 Å². The van der Waals surface area contributed by atoms with Crippen LogP contribution in [0.15, 0.2) is 0 Å². The van der Waals surface area contributed by atoms with Gasteiger partial charge < -0.3 is 4.90 Å². The summed E-state index contributed by atoms with van der Waals surface area (Å²) in [5.41, 5.74) is -0.137. The van der Waals surface area contributed by atoms with Gasteiger partial charge in [0, 0.05) is 6.54 Å². The molecule has 0 aromatic carbocycles. The van der Waals surface area contributed by atoms with E-state index < -0.39 is 0 Å². The van der Waals surface area contributed by atoms with E-state index in [4.69, 9.17) is 5.26 Å². The van der Waals surface area contributed by atoms with Gasteiger partial charge in [0.25, 0.3) is 0 Å². The minimum atomic E-state index is -0.137. The van der Waals surface area contributed by atoms with Crippen molar-refractivity contribution in [1.82, 2.24) is 4.90 Å². The molecular weight excluding hydrogens is 220 g/mol. The summed E-state index contributed by atoms with van der Waals surface area (Å²) in [7, 11) is 2.25. The van der Waals surface area contributed by atoms with E-state index in [9.17, 15) is 0 Å². The molecule has 0 aliphatic heterocycles. The average molecular weight is 250 g/mol. The number of nitrogens with zero attached hydrogens (tertiary/aromatic N) is 2. The molecule has 2 heteroatoms. The van der Waals surface area contributed by atoms with Crippen molar-refractivity contribution in [3.63, 3.8) is 0 Å². The lowest BCUT2D eigenvalue weighted by Crippen LogP contribution is -2.28. The van der Waals surface area contributed by atoms with Gasteiger partial charge in [-0.1, -0.05) is 25.7 Å². The van der Waals surface area contributed by atoms with Crippen LogP contribution < -0.4 is 0 Å². The Kier molecular flexibility index (Phi) is 6.71. The summed E-state index contributed by atoms with van der Waals surface area (Å²) in [6.07, 6.45) is 10.6. The average Bonchev–Trinajstić information content (AvgIpc) is 2.36. The summed E-state index contributed by atoms with van der Waals surface area (Å²) >= 11 is 0. The summed E-state index contributed by atoms with van der Waals surface area (Å²) < 4.78 is 0. The van der Waals surface area contributed by atoms with E-state index in [1.54, 1.807) is 0 Å². The Labute approximate surface area is 113 Å². The number of hydrogen-bond acceptors (Lipinski definition) is 2. The van der Waals surface area contributed by atoms with Crippen molar-refractivity contribution in [2.75, 3.05) is 20.1 Å². The summed E-state index contributed by atoms with van der Waals surface area (Å²) in [6, 6.07) is 2.38. The van der Waals surface area contributed by atoms with Crippen LogP contribution in [-0.4, -0.2) is 25.0 Å². The van der Waals surface area contributed by atoms with Gasteiger partial charge in [-0.3, -0.25) is 0 Å². The van der Waals surface area contributed by atoms with Crippen LogP contribution >= 0.6 is 0 Å². The molecule has 0 heterocycles. The van der Waals surface area contributed by atoms with Crippen molar-refractivity contribution in [3.05, 3.63) is 0 Å². The predicted molar refractivity (Wildman–Crippen MR) is 77.3 cm³/mol. The zero-order valence-electron chi connectivity index (χ0n) is 12.5. The summed E-state index contributed by atoms with van der Waals surface area (Å²) in [4.78, 5) is 2.50. The Morgan fingerprint density at radius 2 is 1.83 bits per heavy atom. The first-order chi connectivity index (χ1) is 8.53. The fourth-order valence-electron chi connectivity index (χ4n) is 2.91. The Morgan fingerprint density at radius 1 is 1.17 bits per heavy atom. The molecule has 1 saturated carbocycles.